The fourth-order valence-electron chi connectivity index (χ4n) is 3.19. The minimum absolute atomic E-state index is 0.0906. The molecule has 0 saturated heterocycles. The Bertz CT molecular complexity index is 882. The van der Waals surface area contributed by atoms with Crippen LogP contribution in [0.4, 0.5) is 19.3 Å². The summed E-state index contributed by atoms with van der Waals surface area (Å²) in [6, 6.07) is 6.54. The van der Waals surface area contributed by atoms with Crippen LogP contribution in [0.2, 0.25) is 0 Å². The molecule has 0 fully saturated rings. The van der Waals surface area contributed by atoms with E-state index in [0.29, 0.717) is 19.6 Å². The molecule has 0 aliphatic heterocycles. The van der Waals surface area contributed by atoms with Crippen molar-refractivity contribution in [3.8, 4) is 0 Å². The van der Waals surface area contributed by atoms with E-state index in [-0.39, 0.29) is 24.1 Å². The molecule has 1 heterocycles. The highest BCUT2D eigenvalue weighted by molar-refractivity contribution is 5.92. The molecule has 0 aliphatic carbocycles. The maximum Gasteiger partial charge on any atom is 0.322 e. The molecule has 2 rings (SSSR count). The zero-order valence-electron chi connectivity index (χ0n) is 18.7. The van der Waals surface area contributed by atoms with Gasteiger partial charge < -0.3 is 19.7 Å². The number of anilines is 1. The number of carbonyl (C=O) groups is 2. The minimum atomic E-state index is -1.04. The van der Waals surface area contributed by atoms with Gasteiger partial charge in [0.2, 0.25) is 5.91 Å². The quantitative estimate of drug-likeness (QED) is 0.593. The molecule has 8 heteroatoms. The third-order valence-corrected chi connectivity index (χ3v) is 4.91. The third-order valence-electron chi connectivity index (χ3n) is 4.91. The molecule has 2 aromatic rings. The number of benzene rings is 1. The second-order valence-corrected chi connectivity index (χ2v) is 8.11. The second kappa shape index (κ2) is 11.5. The third kappa shape index (κ3) is 7.38. The number of aromatic nitrogens is 1. The van der Waals surface area contributed by atoms with Gasteiger partial charge in [-0.25, -0.2) is 13.6 Å². The lowest BCUT2D eigenvalue weighted by Crippen LogP contribution is -2.45. The highest BCUT2D eigenvalue weighted by atomic mass is 19.2. The summed E-state index contributed by atoms with van der Waals surface area (Å²) in [7, 11) is 1.93. The Morgan fingerprint density at radius 1 is 1.13 bits per heavy atom. The number of urea groups is 1. The van der Waals surface area contributed by atoms with Crippen molar-refractivity contribution in [3.05, 3.63) is 53.9 Å². The molecule has 0 saturated carbocycles. The first-order chi connectivity index (χ1) is 14.7. The van der Waals surface area contributed by atoms with Crippen LogP contribution in [0.1, 0.15) is 39.3 Å². The number of hydrogen-bond acceptors (Lipinski definition) is 2. The van der Waals surface area contributed by atoms with E-state index < -0.39 is 17.7 Å². The minimum Gasteiger partial charge on any atom is -0.353 e. The van der Waals surface area contributed by atoms with Gasteiger partial charge in [-0.15, -0.1) is 0 Å². The predicted octanol–water partition coefficient (Wildman–Crippen LogP) is 4.62. The van der Waals surface area contributed by atoms with Crippen molar-refractivity contribution < 1.29 is 18.4 Å². The number of nitrogens with zero attached hydrogens (tertiary/aromatic N) is 3. The molecule has 0 spiro atoms. The van der Waals surface area contributed by atoms with Gasteiger partial charge in [-0.2, -0.15) is 0 Å². The van der Waals surface area contributed by atoms with Crippen LogP contribution in [0.25, 0.3) is 0 Å². The fourth-order valence-corrected chi connectivity index (χ4v) is 3.19. The number of halogens is 2. The average molecular weight is 435 g/mol. The number of hydrogen-bond donors (Lipinski definition) is 1. The standard InChI is InChI=1S/C23H32F2N4O2/c1-5-6-12-28(23(31)26-18-9-10-20(24)21(25)13-18)16-22(30)29(14-17(2)3)15-19-8-7-11-27(19)4/h7-11,13,17H,5-6,12,14-16H2,1-4H3,(H,26,31). The molecule has 170 valence electrons. The van der Waals surface area contributed by atoms with E-state index in [9.17, 15) is 18.4 Å². The van der Waals surface area contributed by atoms with Gasteiger partial charge in [0.05, 0.1) is 6.54 Å². The van der Waals surface area contributed by atoms with Gasteiger partial charge in [0, 0.05) is 43.8 Å². The van der Waals surface area contributed by atoms with Crippen molar-refractivity contribution in [2.45, 2.75) is 40.2 Å². The first kappa shape index (κ1) is 24.4. The normalized spacial score (nSPS) is 10.9. The maximum absolute atomic E-state index is 13.5. The fraction of sp³-hybridized carbons (Fsp3) is 0.478. The van der Waals surface area contributed by atoms with Crippen LogP contribution in [0, 0.1) is 17.6 Å². The van der Waals surface area contributed by atoms with Gasteiger partial charge in [-0.1, -0.05) is 27.2 Å². The van der Waals surface area contributed by atoms with Crippen molar-refractivity contribution in [3.63, 3.8) is 0 Å². The summed E-state index contributed by atoms with van der Waals surface area (Å²) in [6.07, 6.45) is 3.50. The van der Waals surface area contributed by atoms with E-state index in [4.69, 9.17) is 0 Å². The zero-order valence-corrected chi connectivity index (χ0v) is 18.7. The summed E-state index contributed by atoms with van der Waals surface area (Å²) < 4.78 is 28.6. The Balaban J connectivity index is 2.13. The van der Waals surface area contributed by atoms with E-state index >= 15 is 0 Å². The first-order valence-electron chi connectivity index (χ1n) is 10.6. The topological polar surface area (TPSA) is 57.6 Å². The van der Waals surface area contributed by atoms with Crippen LogP contribution >= 0.6 is 0 Å². The Morgan fingerprint density at radius 2 is 1.87 bits per heavy atom. The van der Waals surface area contributed by atoms with Crippen molar-refractivity contribution >= 4 is 17.6 Å². The monoisotopic (exact) mass is 434 g/mol. The van der Waals surface area contributed by atoms with Crippen molar-refractivity contribution in [2.75, 3.05) is 25.0 Å². The smallest absolute Gasteiger partial charge is 0.322 e. The average Bonchev–Trinajstić information content (AvgIpc) is 3.11. The molecule has 0 atom stereocenters. The van der Waals surface area contributed by atoms with Crippen LogP contribution < -0.4 is 5.32 Å². The Kier molecular flexibility index (Phi) is 9.03. The van der Waals surface area contributed by atoms with E-state index in [2.05, 4.69) is 5.32 Å². The van der Waals surface area contributed by atoms with E-state index in [1.54, 1.807) is 4.90 Å². The molecule has 1 N–H and O–H groups in total. The summed E-state index contributed by atoms with van der Waals surface area (Å²) >= 11 is 0. The summed E-state index contributed by atoms with van der Waals surface area (Å²) in [4.78, 5) is 29.1. The SMILES string of the molecule is CCCCN(CC(=O)N(Cc1cccn1C)CC(C)C)C(=O)Nc1ccc(F)c(F)c1. The largest absolute Gasteiger partial charge is 0.353 e. The Hall–Kier alpha value is -2.90. The van der Waals surface area contributed by atoms with Crippen LogP contribution in [0.15, 0.2) is 36.5 Å². The maximum atomic E-state index is 13.5. The molecule has 31 heavy (non-hydrogen) atoms. The summed E-state index contributed by atoms with van der Waals surface area (Å²) in [5, 5.41) is 2.56. The Morgan fingerprint density at radius 3 is 2.45 bits per heavy atom. The molecule has 0 aliphatic rings. The summed E-state index contributed by atoms with van der Waals surface area (Å²) in [5.41, 5.74) is 1.14. The highest BCUT2D eigenvalue weighted by Gasteiger charge is 2.23. The van der Waals surface area contributed by atoms with E-state index in [0.717, 1.165) is 30.7 Å². The van der Waals surface area contributed by atoms with Gasteiger partial charge in [0.25, 0.3) is 0 Å². The molecule has 3 amide bonds. The second-order valence-electron chi connectivity index (χ2n) is 8.11. The van der Waals surface area contributed by atoms with Gasteiger partial charge in [-0.05, 0) is 36.6 Å². The lowest BCUT2D eigenvalue weighted by atomic mass is 10.2. The van der Waals surface area contributed by atoms with Crippen LogP contribution in [0.3, 0.4) is 0 Å². The number of aryl methyl sites for hydroxylation is 1. The molecule has 0 unspecified atom stereocenters. The van der Waals surface area contributed by atoms with E-state index in [1.165, 1.54) is 11.0 Å². The molecule has 1 aromatic carbocycles. The number of unbranched alkanes of at least 4 members (excludes halogenated alkanes) is 1. The number of nitrogens with one attached hydrogen (secondary N) is 1. The van der Waals surface area contributed by atoms with E-state index in [1.807, 2.05) is 50.7 Å². The van der Waals surface area contributed by atoms with Gasteiger partial charge >= 0.3 is 6.03 Å². The first-order valence-corrected chi connectivity index (χ1v) is 10.6. The molecule has 1 aromatic heterocycles. The number of carbonyl (C=O) groups excluding carboxylic acids is 2. The van der Waals surface area contributed by atoms with Crippen LogP contribution in [-0.2, 0) is 18.4 Å². The molecular weight excluding hydrogens is 402 g/mol. The van der Waals surface area contributed by atoms with Crippen LogP contribution in [0.5, 0.6) is 0 Å². The van der Waals surface area contributed by atoms with Crippen molar-refractivity contribution in [1.29, 1.82) is 0 Å². The summed E-state index contributed by atoms with van der Waals surface area (Å²) in [5.74, 6) is -1.92. The molecule has 6 nitrogen and oxygen atoms in total. The molecule has 0 bridgehead atoms. The van der Waals surface area contributed by atoms with Crippen molar-refractivity contribution in [1.82, 2.24) is 14.4 Å². The number of rotatable bonds is 10. The van der Waals surface area contributed by atoms with Gasteiger partial charge in [0.1, 0.15) is 6.54 Å². The van der Waals surface area contributed by atoms with Gasteiger partial charge in [0.15, 0.2) is 11.6 Å². The number of amides is 3. The van der Waals surface area contributed by atoms with Gasteiger partial charge in [-0.3, -0.25) is 4.79 Å². The predicted molar refractivity (Wildman–Crippen MR) is 118 cm³/mol. The lowest BCUT2D eigenvalue weighted by Gasteiger charge is -2.29. The zero-order chi connectivity index (χ0) is 23.0. The Labute approximate surface area is 182 Å². The summed E-state index contributed by atoms with van der Waals surface area (Å²) in [6.45, 7) is 7.38. The molecular formula is C23H32F2N4O2. The molecule has 0 radical (unpaired) electrons. The van der Waals surface area contributed by atoms with Crippen molar-refractivity contribution in [2.24, 2.45) is 13.0 Å². The lowest BCUT2D eigenvalue weighted by molar-refractivity contribution is -0.133. The highest BCUT2D eigenvalue weighted by Crippen LogP contribution is 2.15. The van der Waals surface area contributed by atoms with Crippen LogP contribution in [-0.4, -0.2) is 45.9 Å².